The van der Waals surface area contributed by atoms with E-state index in [9.17, 15) is 0 Å². The minimum Gasteiger partial charge on any atom is -0.368 e. The fourth-order valence-electron chi connectivity index (χ4n) is 1.47. The van der Waals surface area contributed by atoms with Crippen molar-refractivity contribution in [3.63, 3.8) is 0 Å². The maximum atomic E-state index is 5.67. The summed E-state index contributed by atoms with van der Waals surface area (Å²) in [6, 6.07) is 0.0236. The van der Waals surface area contributed by atoms with Gasteiger partial charge in [-0.15, -0.1) is 11.3 Å². The Balaban J connectivity index is 2.18. The Hall–Kier alpha value is -1.96. The summed E-state index contributed by atoms with van der Waals surface area (Å²) in [5.41, 5.74) is 5.67. The van der Waals surface area contributed by atoms with Crippen LogP contribution in [-0.4, -0.2) is 34.0 Å². The molecule has 2 heterocycles. The molecule has 0 radical (unpaired) electrons. The van der Waals surface area contributed by atoms with Gasteiger partial charge in [0.25, 0.3) is 0 Å². The van der Waals surface area contributed by atoms with Crippen molar-refractivity contribution < 1.29 is 0 Å². The summed E-state index contributed by atoms with van der Waals surface area (Å²) in [6.45, 7) is 4.03. The molecular weight excluding hydrogens is 262 g/mol. The minimum absolute atomic E-state index is 0.0236. The molecule has 19 heavy (non-hydrogen) atoms. The number of nitrogens with zero attached hydrogens (tertiary/aromatic N) is 5. The van der Waals surface area contributed by atoms with E-state index in [4.69, 9.17) is 5.73 Å². The Kier molecular flexibility index (Phi) is 3.79. The van der Waals surface area contributed by atoms with Gasteiger partial charge in [0.05, 0.1) is 6.04 Å². The van der Waals surface area contributed by atoms with Crippen LogP contribution in [-0.2, 0) is 0 Å². The zero-order chi connectivity index (χ0) is 14.0. The van der Waals surface area contributed by atoms with Crippen LogP contribution in [0.15, 0.2) is 6.20 Å². The van der Waals surface area contributed by atoms with E-state index in [1.54, 1.807) is 16.2 Å². The number of aryl methyl sites for hydroxylation is 1. The van der Waals surface area contributed by atoms with E-state index in [0.717, 1.165) is 5.01 Å². The normalized spacial score (nSPS) is 12.2. The van der Waals surface area contributed by atoms with Crippen molar-refractivity contribution in [2.75, 3.05) is 30.0 Å². The van der Waals surface area contributed by atoms with Crippen LogP contribution in [0.4, 0.5) is 17.8 Å². The van der Waals surface area contributed by atoms with Gasteiger partial charge in [-0.25, -0.2) is 4.98 Å². The van der Waals surface area contributed by atoms with E-state index >= 15 is 0 Å². The molecule has 0 aromatic carbocycles. The van der Waals surface area contributed by atoms with Gasteiger partial charge >= 0.3 is 0 Å². The third-order valence-corrected chi connectivity index (χ3v) is 3.49. The van der Waals surface area contributed by atoms with Crippen molar-refractivity contribution in [1.29, 1.82) is 0 Å². The smallest absolute Gasteiger partial charge is 0.231 e. The van der Waals surface area contributed by atoms with Gasteiger partial charge in [0.1, 0.15) is 5.01 Å². The first-order valence-electron chi connectivity index (χ1n) is 5.83. The molecule has 2 aromatic rings. The first-order valence-corrected chi connectivity index (χ1v) is 6.65. The highest BCUT2D eigenvalue weighted by Crippen LogP contribution is 2.22. The summed E-state index contributed by atoms with van der Waals surface area (Å²) in [5.74, 6) is 1.18. The number of thiazole rings is 1. The SMILES string of the molecule is Cc1cnc(C(C)Nc2nc(N)nc(N(C)C)n2)s1. The topological polar surface area (TPSA) is 92.8 Å². The first-order chi connectivity index (χ1) is 8.95. The van der Waals surface area contributed by atoms with Gasteiger partial charge in [0, 0.05) is 25.2 Å². The van der Waals surface area contributed by atoms with E-state index < -0.39 is 0 Å². The molecular formula is C11H17N7S. The highest BCUT2D eigenvalue weighted by Gasteiger charge is 2.12. The monoisotopic (exact) mass is 279 g/mol. The average Bonchev–Trinajstić information content (AvgIpc) is 2.75. The maximum absolute atomic E-state index is 5.67. The van der Waals surface area contributed by atoms with E-state index in [2.05, 4.69) is 25.3 Å². The van der Waals surface area contributed by atoms with E-state index in [0.29, 0.717) is 11.9 Å². The van der Waals surface area contributed by atoms with Crippen molar-refractivity contribution in [3.8, 4) is 0 Å². The Bertz CT molecular complexity index is 566. The summed E-state index contributed by atoms with van der Waals surface area (Å²) >= 11 is 1.64. The molecule has 7 nitrogen and oxygen atoms in total. The Morgan fingerprint density at radius 1 is 1.32 bits per heavy atom. The molecule has 1 unspecified atom stereocenters. The third-order valence-electron chi connectivity index (χ3n) is 2.40. The summed E-state index contributed by atoms with van der Waals surface area (Å²) in [6.07, 6.45) is 1.85. The third kappa shape index (κ3) is 3.28. The summed E-state index contributed by atoms with van der Waals surface area (Å²) in [5, 5.41) is 4.18. The predicted octanol–water partition coefficient (Wildman–Crippen LogP) is 1.46. The van der Waals surface area contributed by atoms with Gasteiger partial charge in [-0.05, 0) is 13.8 Å². The van der Waals surface area contributed by atoms with Crippen LogP contribution in [0.1, 0.15) is 22.9 Å². The molecule has 8 heteroatoms. The quantitative estimate of drug-likeness (QED) is 0.875. The lowest BCUT2D eigenvalue weighted by Gasteiger charge is -2.14. The van der Waals surface area contributed by atoms with Crippen LogP contribution < -0.4 is 16.0 Å². The van der Waals surface area contributed by atoms with Crippen molar-refractivity contribution in [2.24, 2.45) is 0 Å². The second kappa shape index (κ2) is 5.35. The standard InChI is InChI=1S/C11H17N7S/c1-6-5-13-8(19-6)7(2)14-10-15-9(12)16-11(17-10)18(3)4/h5,7H,1-4H3,(H3,12,14,15,16,17). The highest BCUT2D eigenvalue weighted by atomic mass is 32.1. The first kappa shape index (κ1) is 13.5. The largest absolute Gasteiger partial charge is 0.368 e. The Morgan fingerprint density at radius 2 is 2.05 bits per heavy atom. The molecule has 0 bridgehead atoms. The Labute approximate surface area is 115 Å². The lowest BCUT2D eigenvalue weighted by atomic mass is 10.4. The van der Waals surface area contributed by atoms with Gasteiger partial charge in [-0.3, -0.25) is 0 Å². The Morgan fingerprint density at radius 3 is 2.63 bits per heavy atom. The van der Waals surface area contributed by atoms with Gasteiger partial charge in [-0.1, -0.05) is 0 Å². The number of nitrogens with two attached hydrogens (primary N) is 1. The van der Waals surface area contributed by atoms with E-state index in [-0.39, 0.29) is 12.0 Å². The number of nitrogen functional groups attached to an aromatic ring is 1. The molecule has 0 saturated heterocycles. The number of aromatic nitrogens is 4. The van der Waals surface area contributed by atoms with E-state index in [1.807, 2.05) is 34.1 Å². The molecule has 0 saturated carbocycles. The molecule has 0 spiro atoms. The number of nitrogens with one attached hydrogen (secondary N) is 1. The van der Waals surface area contributed by atoms with Gasteiger partial charge in [0.2, 0.25) is 17.8 Å². The zero-order valence-electron chi connectivity index (χ0n) is 11.4. The molecule has 1 atom stereocenters. The lowest BCUT2D eigenvalue weighted by Crippen LogP contribution is -2.17. The van der Waals surface area contributed by atoms with Crippen molar-refractivity contribution in [3.05, 3.63) is 16.1 Å². The van der Waals surface area contributed by atoms with E-state index in [1.165, 1.54) is 4.88 Å². The van der Waals surface area contributed by atoms with Crippen molar-refractivity contribution in [1.82, 2.24) is 19.9 Å². The van der Waals surface area contributed by atoms with Crippen LogP contribution in [0.5, 0.6) is 0 Å². The molecule has 0 amide bonds. The van der Waals surface area contributed by atoms with Gasteiger partial charge < -0.3 is 16.0 Å². The second-order valence-corrected chi connectivity index (χ2v) is 5.65. The molecule has 2 aromatic heterocycles. The summed E-state index contributed by atoms with van der Waals surface area (Å²) < 4.78 is 0. The predicted molar refractivity (Wildman–Crippen MR) is 77.5 cm³/mol. The van der Waals surface area contributed by atoms with Gasteiger partial charge in [0.15, 0.2) is 0 Å². The molecule has 0 aliphatic heterocycles. The number of rotatable bonds is 4. The molecule has 0 fully saturated rings. The fourth-order valence-corrected chi connectivity index (χ4v) is 2.25. The lowest BCUT2D eigenvalue weighted by molar-refractivity contribution is 0.839. The second-order valence-electron chi connectivity index (χ2n) is 4.39. The van der Waals surface area contributed by atoms with Crippen LogP contribution in [0, 0.1) is 6.92 Å². The number of anilines is 3. The molecule has 0 aliphatic carbocycles. The number of hydrogen-bond acceptors (Lipinski definition) is 8. The van der Waals surface area contributed by atoms with Gasteiger partial charge in [-0.2, -0.15) is 15.0 Å². The molecule has 102 valence electrons. The molecule has 0 aliphatic rings. The van der Waals surface area contributed by atoms with Crippen LogP contribution in [0.3, 0.4) is 0 Å². The number of hydrogen-bond donors (Lipinski definition) is 2. The van der Waals surface area contributed by atoms with Crippen molar-refractivity contribution in [2.45, 2.75) is 19.9 Å². The summed E-state index contributed by atoms with van der Waals surface area (Å²) in [4.78, 5) is 19.7. The van der Waals surface area contributed by atoms with Crippen molar-refractivity contribution >= 4 is 29.2 Å². The molecule has 2 rings (SSSR count). The highest BCUT2D eigenvalue weighted by molar-refractivity contribution is 7.11. The van der Waals surface area contributed by atoms with Crippen LogP contribution in [0.25, 0.3) is 0 Å². The average molecular weight is 279 g/mol. The van der Waals surface area contributed by atoms with Crippen LogP contribution >= 0.6 is 11.3 Å². The maximum Gasteiger partial charge on any atom is 0.231 e. The molecule has 3 N–H and O–H groups in total. The van der Waals surface area contributed by atoms with Crippen LogP contribution in [0.2, 0.25) is 0 Å². The minimum atomic E-state index is 0.0236. The summed E-state index contributed by atoms with van der Waals surface area (Å²) in [7, 11) is 3.71. The zero-order valence-corrected chi connectivity index (χ0v) is 12.2. The fraction of sp³-hybridized carbons (Fsp3) is 0.455.